The molecule has 2 rings (SSSR count). The Morgan fingerprint density at radius 2 is 2.00 bits per heavy atom. The van der Waals surface area contributed by atoms with Crippen LogP contribution in [-0.4, -0.2) is 28.6 Å². The molecule has 0 amide bonds. The molecule has 1 N–H and O–H groups in total. The Morgan fingerprint density at radius 1 is 1.35 bits per heavy atom. The molecular formula is C18H22O5. The fraction of sp³-hybridized carbons (Fsp3) is 0.444. The first-order valence-corrected chi connectivity index (χ1v) is 7.47. The van der Waals surface area contributed by atoms with Gasteiger partial charge in [0.15, 0.2) is 18.0 Å². The molecule has 1 aliphatic rings. The van der Waals surface area contributed by atoms with Crippen molar-refractivity contribution in [2.24, 2.45) is 0 Å². The number of esters is 1. The number of aliphatic hydroxyl groups is 1. The topological polar surface area (TPSA) is 72.8 Å². The number of benzene rings is 1. The van der Waals surface area contributed by atoms with E-state index in [0.29, 0.717) is 22.4 Å². The second kappa shape index (κ2) is 6.16. The average Bonchev–Trinajstić information content (AvgIpc) is 2.74. The van der Waals surface area contributed by atoms with Gasteiger partial charge < -0.3 is 14.6 Å². The van der Waals surface area contributed by atoms with E-state index in [0.717, 1.165) is 0 Å². The van der Waals surface area contributed by atoms with Gasteiger partial charge in [-0.05, 0) is 51.5 Å². The lowest BCUT2D eigenvalue weighted by molar-refractivity contribution is -0.156. The van der Waals surface area contributed by atoms with Gasteiger partial charge in [0.05, 0.1) is 12.0 Å². The van der Waals surface area contributed by atoms with Gasteiger partial charge in [0.2, 0.25) is 0 Å². The maximum Gasteiger partial charge on any atom is 0.309 e. The van der Waals surface area contributed by atoms with Crippen LogP contribution in [0.4, 0.5) is 0 Å². The maximum atomic E-state index is 12.1. The predicted molar refractivity (Wildman–Crippen MR) is 85.4 cm³/mol. The van der Waals surface area contributed by atoms with Crippen LogP contribution < -0.4 is 4.74 Å². The first-order chi connectivity index (χ1) is 10.6. The van der Waals surface area contributed by atoms with E-state index < -0.39 is 23.8 Å². The minimum atomic E-state index is -1.15. The second-order valence-electron chi connectivity index (χ2n) is 6.59. The van der Waals surface area contributed by atoms with Crippen molar-refractivity contribution >= 4 is 11.8 Å². The Balaban J connectivity index is 2.32. The van der Waals surface area contributed by atoms with E-state index in [-0.39, 0.29) is 12.2 Å². The number of Topliss-reactive ketones (excluding diaryl/α,β-unsaturated/α-hetero) is 1. The van der Waals surface area contributed by atoms with Crippen LogP contribution in [0.1, 0.15) is 56.1 Å². The summed E-state index contributed by atoms with van der Waals surface area (Å²) in [5, 5.41) is 9.75. The number of ketones is 1. The zero-order valence-corrected chi connectivity index (χ0v) is 13.9. The molecule has 23 heavy (non-hydrogen) atoms. The second-order valence-corrected chi connectivity index (χ2v) is 6.59. The summed E-state index contributed by atoms with van der Waals surface area (Å²) in [7, 11) is 0. The van der Waals surface area contributed by atoms with Gasteiger partial charge >= 0.3 is 5.97 Å². The summed E-state index contributed by atoms with van der Waals surface area (Å²) >= 11 is 0. The van der Waals surface area contributed by atoms with E-state index in [2.05, 4.69) is 6.58 Å². The zero-order valence-electron chi connectivity index (χ0n) is 13.9. The number of hydrogen-bond acceptors (Lipinski definition) is 5. The fourth-order valence-corrected chi connectivity index (χ4v) is 2.48. The molecular weight excluding hydrogens is 296 g/mol. The number of carbonyl (C=O) groups is 2. The monoisotopic (exact) mass is 318 g/mol. The lowest BCUT2D eigenvalue weighted by atomic mass is 9.99. The highest BCUT2D eigenvalue weighted by atomic mass is 16.6. The highest BCUT2D eigenvalue weighted by Gasteiger charge is 2.38. The molecule has 0 aromatic heterocycles. The molecule has 0 bridgehead atoms. The summed E-state index contributed by atoms with van der Waals surface area (Å²) in [4.78, 5) is 23.7. The Kier molecular flexibility index (Phi) is 4.61. The molecule has 0 radical (unpaired) electrons. The first kappa shape index (κ1) is 17.2. The minimum Gasteiger partial charge on any atom is -0.481 e. The van der Waals surface area contributed by atoms with E-state index in [1.807, 2.05) is 0 Å². The van der Waals surface area contributed by atoms with Gasteiger partial charge in [-0.15, -0.1) is 0 Å². The first-order valence-electron chi connectivity index (χ1n) is 7.47. The normalized spacial score (nSPS) is 19.7. The van der Waals surface area contributed by atoms with E-state index in [9.17, 15) is 14.7 Å². The molecule has 1 aromatic carbocycles. The molecule has 1 heterocycles. The summed E-state index contributed by atoms with van der Waals surface area (Å²) in [6.45, 7) is 10.2. The Bertz CT molecular complexity index is 654. The summed E-state index contributed by atoms with van der Waals surface area (Å²) in [5.74, 6) is -0.0318. The highest BCUT2D eigenvalue weighted by Crippen LogP contribution is 2.42. The van der Waals surface area contributed by atoms with Crippen LogP contribution in [0, 0.1) is 0 Å². The number of fused-ring (bicyclic) bond motifs is 1. The van der Waals surface area contributed by atoms with Crippen LogP contribution >= 0.6 is 0 Å². The number of ether oxygens (including phenoxy) is 2. The van der Waals surface area contributed by atoms with Crippen molar-refractivity contribution in [3.8, 4) is 5.75 Å². The summed E-state index contributed by atoms with van der Waals surface area (Å²) in [6, 6.07) is 5.06. The SMILES string of the molecule is C=C(C)[C@H]1Oc2ccc(C(C)=O)cc2[C@@H]1OC(=O)CC(C)(C)O. The van der Waals surface area contributed by atoms with Crippen LogP contribution in [0.5, 0.6) is 5.75 Å². The van der Waals surface area contributed by atoms with Crippen molar-refractivity contribution in [3.63, 3.8) is 0 Å². The van der Waals surface area contributed by atoms with Crippen molar-refractivity contribution in [2.45, 2.75) is 51.9 Å². The third-order valence-corrected chi connectivity index (χ3v) is 3.57. The van der Waals surface area contributed by atoms with Gasteiger partial charge in [0, 0.05) is 11.1 Å². The largest absolute Gasteiger partial charge is 0.481 e. The number of carbonyl (C=O) groups excluding carboxylic acids is 2. The van der Waals surface area contributed by atoms with Gasteiger partial charge in [0.1, 0.15) is 5.75 Å². The van der Waals surface area contributed by atoms with Crippen molar-refractivity contribution in [1.82, 2.24) is 0 Å². The standard InChI is InChI=1S/C18H22O5/c1-10(2)16-17(23-15(20)9-18(4,5)21)13-8-12(11(3)19)6-7-14(13)22-16/h6-8,16-17,21H,1,9H2,2-5H3/t16-,17+/m1/s1. The average molecular weight is 318 g/mol. The molecule has 5 heteroatoms. The van der Waals surface area contributed by atoms with Crippen LogP contribution in [0.15, 0.2) is 30.4 Å². The zero-order chi connectivity index (χ0) is 17.4. The van der Waals surface area contributed by atoms with Crippen molar-refractivity contribution in [3.05, 3.63) is 41.5 Å². The molecule has 0 unspecified atom stereocenters. The summed E-state index contributed by atoms with van der Waals surface area (Å²) in [6.07, 6.45) is -1.30. The molecule has 0 aliphatic carbocycles. The Labute approximate surface area is 135 Å². The van der Waals surface area contributed by atoms with Crippen molar-refractivity contribution in [1.29, 1.82) is 0 Å². The number of hydrogen-bond donors (Lipinski definition) is 1. The molecule has 124 valence electrons. The smallest absolute Gasteiger partial charge is 0.309 e. The lowest BCUT2D eigenvalue weighted by Gasteiger charge is -2.22. The molecule has 2 atom stereocenters. The minimum absolute atomic E-state index is 0.0758. The fourth-order valence-electron chi connectivity index (χ4n) is 2.48. The molecule has 1 aliphatic heterocycles. The molecule has 0 saturated heterocycles. The van der Waals surface area contributed by atoms with E-state index in [1.54, 1.807) is 25.1 Å². The predicted octanol–water partition coefficient (Wildman–Crippen LogP) is 2.97. The number of rotatable bonds is 5. The summed E-state index contributed by atoms with van der Waals surface area (Å²) in [5.41, 5.74) is 0.735. The molecule has 5 nitrogen and oxygen atoms in total. The molecule has 1 aromatic rings. The van der Waals surface area contributed by atoms with Gasteiger partial charge in [-0.1, -0.05) is 6.58 Å². The van der Waals surface area contributed by atoms with Crippen LogP contribution in [0.3, 0.4) is 0 Å². The Morgan fingerprint density at radius 3 is 2.52 bits per heavy atom. The van der Waals surface area contributed by atoms with Gasteiger partial charge in [-0.3, -0.25) is 9.59 Å². The van der Waals surface area contributed by atoms with Gasteiger partial charge in [0.25, 0.3) is 0 Å². The van der Waals surface area contributed by atoms with Gasteiger partial charge in [-0.25, -0.2) is 0 Å². The molecule has 0 saturated carbocycles. The van der Waals surface area contributed by atoms with Crippen LogP contribution in [-0.2, 0) is 9.53 Å². The Hall–Kier alpha value is -2.14. The van der Waals surface area contributed by atoms with Crippen LogP contribution in [0.2, 0.25) is 0 Å². The third-order valence-electron chi connectivity index (χ3n) is 3.57. The van der Waals surface area contributed by atoms with Crippen LogP contribution in [0.25, 0.3) is 0 Å². The van der Waals surface area contributed by atoms with Crippen molar-refractivity contribution < 1.29 is 24.2 Å². The quantitative estimate of drug-likeness (QED) is 0.513. The highest BCUT2D eigenvalue weighted by molar-refractivity contribution is 5.94. The van der Waals surface area contributed by atoms with E-state index in [1.165, 1.54) is 20.8 Å². The molecule has 0 spiro atoms. The maximum absolute atomic E-state index is 12.1. The van der Waals surface area contributed by atoms with Crippen molar-refractivity contribution in [2.75, 3.05) is 0 Å². The van der Waals surface area contributed by atoms with E-state index >= 15 is 0 Å². The van der Waals surface area contributed by atoms with E-state index in [4.69, 9.17) is 9.47 Å². The third kappa shape index (κ3) is 3.99. The lowest BCUT2D eigenvalue weighted by Crippen LogP contribution is -2.29. The molecule has 0 fully saturated rings. The van der Waals surface area contributed by atoms with Gasteiger partial charge in [-0.2, -0.15) is 0 Å². The summed E-state index contributed by atoms with van der Waals surface area (Å²) < 4.78 is 11.3.